The smallest absolute Gasteiger partial charge is 0.262 e. The number of rotatable bonds is 6. The molecular formula is C19H23ClN4O3. The van der Waals surface area contributed by atoms with E-state index in [0.29, 0.717) is 28.3 Å². The van der Waals surface area contributed by atoms with E-state index in [1.807, 2.05) is 13.8 Å². The third-order valence-corrected chi connectivity index (χ3v) is 4.72. The Bertz CT molecular complexity index is 838. The highest BCUT2D eigenvalue weighted by Gasteiger charge is 2.17. The van der Waals surface area contributed by atoms with E-state index in [4.69, 9.17) is 21.1 Å². The maximum Gasteiger partial charge on any atom is 0.262 e. The van der Waals surface area contributed by atoms with E-state index in [0.717, 1.165) is 37.2 Å². The first kappa shape index (κ1) is 19.2. The number of nitrogens with one attached hydrogen (secondary N) is 1. The Morgan fingerprint density at radius 3 is 2.67 bits per heavy atom. The van der Waals surface area contributed by atoms with Gasteiger partial charge in [-0.1, -0.05) is 11.6 Å². The minimum absolute atomic E-state index is 0.166. The van der Waals surface area contributed by atoms with Gasteiger partial charge in [0.2, 0.25) is 11.8 Å². The first-order chi connectivity index (χ1) is 13.0. The van der Waals surface area contributed by atoms with Crippen LogP contribution in [0.4, 0.5) is 11.6 Å². The van der Waals surface area contributed by atoms with E-state index in [2.05, 4.69) is 20.2 Å². The lowest BCUT2D eigenvalue weighted by Gasteiger charge is -2.16. The maximum atomic E-state index is 12.3. The van der Waals surface area contributed by atoms with Crippen LogP contribution < -0.4 is 19.7 Å². The molecule has 0 bridgehead atoms. The summed E-state index contributed by atoms with van der Waals surface area (Å²) in [5.41, 5.74) is 2.19. The van der Waals surface area contributed by atoms with Crippen molar-refractivity contribution in [2.45, 2.75) is 26.7 Å². The fourth-order valence-electron chi connectivity index (χ4n) is 2.91. The zero-order valence-corrected chi connectivity index (χ0v) is 16.5. The van der Waals surface area contributed by atoms with Gasteiger partial charge in [-0.15, -0.1) is 0 Å². The number of aromatic nitrogens is 2. The Balaban J connectivity index is 1.65. The molecule has 144 valence electrons. The van der Waals surface area contributed by atoms with Crippen LogP contribution in [-0.4, -0.2) is 42.7 Å². The molecule has 1 aromatic heterocycles. The lowest BCUT2D eigenvalue weighted by atomic mass is 10.2. The minimum atomic E-state index is -0.311. The molecule has 1 aliphatic heterocycles. The van der Waals surface area contributed by atoms with Crippen LogP contribution in [0.3, 0.4) is 0 Å². The van der Waals surface area contributed by atoms with Crippen molar-refractivity contribution in [1.29, 1.82) is 0 Å². The van der Waals surface area contributed by atoms with Crippen molar-refractivity contribution in [3.05, 3.63) is 34.5 Å². The molecule has 1 N–H and O–H groups in total. The lowest BCUT2D eigenvalue weighted by Crippen LogP contribution is -2.23. The maximum absolute atomic E-state index is 12.3. The van der Waals surface area contributed by atoms with Crippen molar-refractivity contribution in [2.24, 2.45) is 0 Å². The number of nitrogens with zero attached hydrogens (tertiary/aromatic N) is 3. The average molecular weight is 391 g/mol. The number of methoxy groups -OCH3 is 1. The molecule has 27 heavy (non-hydrogen) atoms. The highest BCUT2D eigenvalue weighted by Crippen LogP contribution is 2.30. The number of hydrogen-bond donors (Lipinski definition) is 1. The summed E-state index contributed by atoms with van der Waals surface area (Å²) in [6, 6.07) is 5.16. The fourth-order valence-corrected chi connectivity index (χ4v) is 3.07. The van der Waals surface area contributed by atoms with Crippen LogP contribution in [0.25, 0.3) is 0 Å². The number of amides is 1. The van der Waals surface area contributed by atoms with Gasteiger partial charge >= 0.3 is 0 Å². The summed E-state index contributed by atoms with van der Waals surface area (Å²) in [7, 11) is 1.52. The van der Waals surface area contributed by atoms with Crippen LogP contribution in [0, 0.1) is 13.8 Å². The van der Waals surface area contributed by atoms with Crippen molar-refractivity contribution >= 4 is 29.1 Å². The second-order valence-corrected chi connectivity index (χ2v) is 6.89. The zero-order chi connectivity index (χ0) is 19.4. The van der Waals surface area contributed by atoms with Gasteiger partial charge in [-0.3, -0.25) is 4.79 Å². The molecular weight excluding hydrogens is 368 g/mol. The zero-order valence-electron chi connectivity index (χ0n) is 15.7. The second kappa shape index (κ2) is 8.43. The number of anilines is 2. The Labute approximate surface area is 163 Å². The van der Waals surface area contributed by atoms with Gasteiger partial charge in [0.05, 0.1) is 12.8 Å². The Morgan fingerprint density at radius 1 is 1.22 bits per heavy atom. The summed E-state index contributed by atoms with van der Waals surface area (Å²) in [6.07, 6.45) is 2.27. The summed E-state index contributed by atoms with van der Waals surface area (Å²) in [5, 5.41) is 3.36. The van der Waals surface area contributed by atoms with E-state index in [9.17, 15) is 4.79 Å². The predicted molar refractivity (Wildman–Crippen MR) is 105 cm³/mol. The van der Waals surface area contributed by atoms with Crippen molar-refractivity contribution in [3.8, 4) is 11.6 Å². The Hall–Kier alpha value is -2.54. The van der Waals surface area contributed by atoms with Crippen LogP contribution in [0.1, 0.15) is 24.1 Å². The van der Waals surface area contributed by atoms with E-state index in [1.165, 1.54) is 7.11 Å². The Morgan fingerprint density at radius 2 is 1.96 bits per heavy atom. The molecule has 0 spiro atoms. The van der Waals surface area contributed by atoms with Crippen molar-refractivity contribution in [3.63, 3.8) is 0 Å². The largest absolute Gasteiger partial charge is 0.495 e. The quantitative estimate of drug-likeness (QED) is 0.814. The predicted octanol–water partition coefficient (Wildman–Crippen LogP) is 3.37. The van der Waals surface area contributed by atoms with Gasteiger partial charge < -0.3 is 19.7 Å². The monoisotopic (exact) mass is 390 g/mol. The van der Waals surface area contributed by atoms with Gasteiger partial charge in [0.25, 0.3) is 5.91 Å². The molecule has 0 atom stereocenters. The summed E-state index contributed by atoms with van der Waals surface area (Å²) < 4.78 is 10.9. The number of ether oxygens (including phenoxy) is 2. The molecule has 1 aromatic carbocycles. The van der Waals surface area contributed by atoms with E-state index < -0.39 is 0 Å². The normalized spacial score (nSPS) is 13.6. The van der Waals surface area contributed by atoms with E-state index >= 15 is 0 Å². The number of benzene rings is 1. The number of aryl methyl sites for hydroxylation is 2. The van der Waals surface area contributed by atoms with Gasteiger partial charge in [0.1, 0.15) is 5.75 Å². The van der Waals surface area contributed by atoms with Crippen LogP contribution in [0.5, 0.6) is 11.6 Å². The molecule has 2 aromatic rings. The molecule has 0 aliphatic carbocycles. The Kier molecular flexibility index (Phi) is 6.01. The molecule has 0 radical (unpaired) electrons. The van der Waals surface area contributed by atoms with Crippen LogP contribution in [-0.2, 0) is 4.79 Å². The highest BCUT2D eigenvalue weighted by atomic mass is 35.5. The summed E-state index contributed by atoms with van der Waals surface area (Å²) in [5.74, 6) is 1.22. The van der Waals surface area contributed by atoms with E-state index in [-0.39, 0.29) is 12.5 Å². The van der Waals surface area contributed by atoms with Crippen molar-refractivity contribution in [1.82, 2.24) is 9.97 Å². The van der Waals surface area contributed by atoms with Gasteiger partial charge in [0.15, 0.2) is 6.61 Å². The molecule has 1 aliphatic rings. The minimum Gasteiger partial charge on any atom is -0.495 e. The molecule has 1 amide bonds. The SMILES string of the molecule is COc1cc(Cl)c(C)cc1NC(=O)COc1cc(C)nc(N2CCCC2)n1. The molecule has 0 unspecified atom stereocenters. The molecule has 3 rings (SSSR count). The third-order valence-electron chi connectivity index (χ3n) is 4.31. The fraction of sp³-hybridized carbons (Fsp3) is 0.421. The van der Waals surface area contributed by atoms with Crippen molar-refractivity contribution < 1.29 is 14.3 Å². The third kappa shape index (κ3) is 4.80. The number of halogens is 1. The van der Waals surface area contributed by atoms with Crippen LogP contribution in [0.15, 0.2) is 18.2 Å². The molecule has 7 nitrogen and oxygen atoms in total. The number of carbonyl (C=O) groups excluding carboxylic acids is 1. The molecule has 8 heteroatoms. The van der Waals surface area contributed by atoms with Crippen LogP contribution in [0.2, 0.25) is 5.02 Å². The average Bonchev–Trinajstić information content (AvgIpc) is 3.17. The summed E-state index contributed by atoms with van der Waals surface area (Å²) >= 11 is 6.09. The molecule has 2 heterocycles. The second-order valence-electron chi connectivity index (χ2n) is 6.48. The van der Waals surface area contributed by atoms with Crippen molar-refractivity contribution in [2.75, 3.05) is 37.0 Å². The standard InChI is InChI=1S/C19H23ClN4O3/c1-12-8-15(16(26-3)10-14(12)20)22-17(25)11-27-18-9-13(2)21-19(23-18)24-6-4-5-7-24/h8-10H,4-7,11H2,1-3H3,(H,22,25). The lowest BCUT2D eigenvalue weighted by molar-refractivity contribution is -0.118. The van der Waals surface area contributed by atoms with Gasteiger partial charge in [-0.05, 0) is 38.3 Å². The van der Waals surface area contributed by atoms with E-state index in [1.54, 1.807) is 18.2 Å². The topological polar surface area (TPSA) is 76.6 Å². The molecule has 1 fully saturated rings. The highest BCUT2D eigenvalue weighted by molar-refractivity contribution is 6.31. The first-order valence-electron chi connectivity index (χ1n) is 8.83. The van der Waals surface area contributed by atoms with Crippen LogP contribution >= 0.6 is 11.6 Å². The van der Waals surface area contributed by atoms with Gasteiger partial charge in [-0.2, -0.15) is 4.98 Å². The summed E-state index contributed by atoms with van der Waals surface area (Å²) in [4.78, 5) is 23.3. The van der Waals surface area contributed by atoms with Gasteiger partial charge in [-0.25, -0.2) is 4.98 Å². The number of carbonyl (C=O) groups is 1. The number of hydrogen-bond acceptors (Lipinski definition) is 6. The molecule has 1 saturated heterocycles. The van der Waals surface area contributed by atoms with Gasteiger partial charge in [0, 0.05) is 35.9 Å². The first-order valence-corrected chi connectivity index (χ1v) is 9.21. The summed E-state index contributed by atoms with van der Waals surface area (Å²) in [6.45, 7) is 5.46. The molecule has 0 saturated carbocycles.